The van der Waals surface area contributed by atoms with Gasteiger partial charge in [-0.2, -0.15) is 0 Å². The van der Waals surface area contributed by atoms with E-state index in [0.29, 0.717) is 6.42 Å². The second kappa shape index (κ2) is 12.9. The summed E-state index contributed by atoms with van der Waals surface area (Å²) in [6.45, 7) is 1.82. The van der Waals surface area contributed by atoms with Crippen molar-refractivity contribution in [2.24, 2.45) is 5.92 Å². The number of esters is 2. The van der Waals surface area contributed by atoms with E-state index < -0.39 is 11.9 Å². The summed E-state index contributed by atoms with van der Waals surface area (Å²) in [6, 6.07) is 0. The van der Waals surface area contributed by atoms with Crippen molar-refractivity contribution >= 4 is 23.9 Å². The molecule has 0 aliphatic carbocycles. The van der Waals surface area contributed by atoms with E-state index >= 15 is 0 Å². The van der Waals surface area contributed by atoms with Gasteiger partial charge in [0.25, 0.3) is 0 Å². The van der Waals surface area contributed by atoms with E-state index in [9.17, 15) is 19.2 Å². The van der Waals surface area contributed by atoms with E-state index in [1.54, 1.807) is 0 Å². The zero-order valence-electron chi connectivity index (χ0n) is 12.5. The van der Waals surface area contributed by atoms with Crippen LogP contribution in [-0.4, -0.2) is 48.3 Å². The van der Waals surface area contributed by atoms with Gasteiger partial charge in [0, 0.05) is 12.8 Å². The van der Waals surface area contributed by atoms with Crippen molar-refractivity contribution in [3.05, 3.63) is 0 Å². The number of ether oxygens (including phenoxy) is 2. The number of hydrogen-bond donors (Lipinski definition) is 2. The number of carboxylic acid groups (broad SMARTS) is 2. The van der Waals surface area contributed by atoms with E-state index in [1.807, 2.05) is 6.92 Å². The molecule has 1 atom stereocenters. The van der Waals surface area contributed by atoms with Gasteiger partial charge in [0.2, 0.25) is 0 Å². The first-order valence-electron chi connectivity index (χ1n) is 6.36. The molecule has 0 aromatic rings. The summed E-state index contributed by atoms with van der Waals surface area (Å²) in [5.74, 6) is -3.01. The summed E-state index contributed by atoms with van der Waals surface area (Å²) >= 11 is 0. The van der Waals surface area contributed by atoms with Gasteiger partial charge in [-0.15, -0.1) is 0 Å². The Bertz CT molecular complexity index is 336. The van der Waals surface area contributed by atoms with Crippen LogP contribution in [0, 0.1) is 5.92 Å². The van der Waals surface area contributed by atoms with Crippen LogP contribution < -0.4 is 0 Å². The SMILES string of the molecule is CCC(CC(=O)OC)C(=O)OC.O=C(O)CCCC(=O)O. The maximum atomic E-state index is 11.0. The molecule has 0 aliphatic heterocycles. The molecule has 8 heteroatoms. The largest absolute Gasteiger partial charge is 0.481 e. The van der Waals surface area contributed by atoms with Crippen molar-refractivity contribution in [2.75, 3.05) is 14.2 Å². The van der Waals surface area contributed by atoms with E-state index in [4.69, 9.17) is 10.2 Å². The zero-order chi connectivity index (χ0) is 16.8. The molecule has 0 aromatic heterocycles. The quantitative estimate of drug-likeness (QED) is 0.637. The standard InChI is InChI=1S/C8H14O4.C5H8O4/c1-4-6(8(10)12-3)5-7(9)11-2;6-4(7)2-1-3-5(8)9/h6H,4-5H2,1-3H3;1-3H2,(H,6,7)(H,8,9). The van der Waals surface area contributed by atoms with Crippen LogP contribution in [0.3, 0.4) is 0 Å². The summed E-state index contributed by atoms with van der Waals surface area (Å²) in [5, 5.41) is 16.1. The van der Waals surface area contributed by atoms with E-state index in [1.165, 1.54) is 14.2 Å². The fourth-order valence-corrected chi connectivity index (χ4v) is 1.24. The highest BCUT2D eigenvalue weighted by Crippen LogP contribution is 2.10. The van der Waals surface area contributed by atoms with Gasteiger partial charge in [-0.3, -0.25) is 19.2 Å². The molecule has 0 radical (unpaired) electrons. The molecule has 0 bridgehead atoms. The Kier molecular flexibility index (Phi) is 13.0. The third kappa shape index (κ3) is 14.1. The molecule has 0 spiro atoms. The summed E-state index contributed by atoms with van der Waals surface area (Å²) in [6.07, 6.45) is 0.769. The predicted molar refractivity (Wildman–Crippen MR) is 71.6 cm³/mol. The zero-order valence-corrected chi connectivity index (χ0v) is 12.5. The van der Waals surface area contributed by atoms with Crippen molar-refractivity contribution < 1.29 is 38.9 Å². The van der Waals surface area contributed by atoms with Gasteiger partial charge in [-0.25, -0.2) is 0 Å². The molecule has 21 heavy (non-hydrogen) atoms. The van der Waals surface area contributed by atoms with Crippen LogP contribution in [-0.2, 0) is 28.7 Å². The Balaban J connectivity index is 0. The van der Waals surface area contributed by atoms with E-state index in [2.05, 4.69) is 9.47 Å². The normalized spacial score (nSPS) is 10.6. The van der Waals surface area contributed by atoms with E-state index in [0.717, 1.165) is 0 Å². The fourth-order valence-electron chi connectivity index (χ4n) is 1.24. The molecule has 0 aliphatic rings. The minimum absolute atomic E-state index is 0.0632. The molecule has 0 heterocycles. The minimum atomic E-state index is -0.948. The van der Waals surface area contributed by atoms with Crippen LogP contribution in [0.25, 0.3) is 0 Å². The van der Waals surface area contributed by atoms with E-state index in [-0.39, 0.29) is 43.5 Å². The van der Waals surface area contributed by atoms with Gasteiger partial charge in [0.15, 0.2) is 0 Å². The number of carbonyl (C=O) groups is 4. The maximum absolute atomic E-state index is 11.0. The average Bonchev–Trinajstić information content (AvgIpc) is 2.43. The number of carbonyl (C=O) groups excluding carboxylic acids is 2. The lowest BCUT2D eigenvalue weighted by molar-refractivity contribution is -0.152. The second-order valence-electron chi connectivity index (χ2n) is 4.05. The minimum Gasteiger partial charge on any atom is -0.481 e. The van der Waals surface area contributed by atoms with Crippen LogP contribution in [0.1, 0.15) is 39.0 Å². The van der Waals surface area contributed by atoms with Crippen molar-refractivity contribution in [2.45, 2.75) is 39.0 Å². The van der Waals surface area contributed by atoms with Gasteiger partial charge in [0.1, 0.15) is 0 Å². The summed E-state index contributed by atoms with van der Waals surface area (Å²) in [5.41, 5.74) is 0. The molecule has 1 unspecified atom stereocenters. The van der Waals surface area contributed by atoms with Crippen LogP contribution in [0.5, 0.6) is 0 Å². The Morgan fingerprint density at radius 1 is 0.952 bits per heavy atom. The number of methoxy groups -OCH3 is 2. The predicted octanol–water partition coefficient (Wildman–Crippen LogP) is 1.07. The lowest BCUT2D eigenvalue weighted by Gasteiger charge is -2.09. The lowest BCUT2D eigenvalue weighted by Crippen LogP contribution is -2.19. The molecule has 0 aromatic carbocycles. The van der Waals surface area contributed by atoms with Crippen molar-refractivity contribution in [1.82, 2.24) is 0 Å². The molecular weight excluding hydrogens is 284 g/mol. The van der Waals surface area contributed by atoms with Gasteiger partial charge in [-0.1, -0.05) is 6.92 Å². The highest BCUT2D eigenvalue weighted by atomic mass is 16.5. The molecule has 0 rings (SSSR count). The monoisotopic (exact) mass is 306 g/mol. The van der Waals surface area contributed by atoms with Crippen LogP contribution in [0.4, 0.5) is 0 Å². The molecule has 0 fully saturated rings. The first-order chi connectivity index (χ1) is 9.78. The Hall–Kier alpha value is -2.12. The number of carboxylic acids is 2. The topological polar surface area (TPSA) is 127 Å². The summed E-state index contributed by atoms with van der Waals surface area (Å²) in [4.78, 5) is 41.3. The van der Waals surface area contributed by atoms with Crippen LogP contribution in [0.15, 0.2) is 0 Å². The van der Waals surface area contributed by atoms with Gasteiger partial charge >= 0.3 is 23.9 Å². The van der Waals surface area contributed by atoms with Gasteiger partial charge in [-0.05, 0) is 12.8 Å². The van der Waals surface area contributed by atoms with Crippen LogP contribution >= 0.6 is 0 Å². The molecule has 0 saturated heterocycles. The number of hydrogen-bond acceptors (Lipinski definition) is 6. The first kappa shape index (κ1) is 21.2. The number of aliphatic carboxylic acids is 2. The first-order valence-corrected chi connectivity index (χ1v) is 6.36. The third-order valence-corrected chi connectivity index (χ3v) is 2.45. The van der Waals surface area contributed by atoms with Crippen molar-refractivity contribution in [3.8, 4) is 0 Å². The smallest absolute Gasteiger partial charge is 0.309 e. The van der Waals surface area contributed by atoms with Crippen molar-refractivity contribution in [3.63, 3.8) is 0 Å². The highest BCUT2D eigenvalue weighted by Gasteiger charge is 2.20. The summed E-state index contributed by atoms with van der Waals surface area (Å²) in [7, 11) is 2.61. The lowest BCUT2D eigenvalue weighted by atomic mass is 10.0. The van der Waals surface area contributed by atoms with Crippen LogP contribution in [0.2, 0.25) is 0 Å². The summed E-state index contributed by atoms with van der Waals surface area (Å²) < 4.78 is 8.93. The molecule has 0 saturated carbocycles. The molecule has 2 N–H and O–H groups in total. The molecule has 8 nitrogen and oxygen atoms in total. The van der Waals surface area contributed by atoms with Gasteiger partial charge in [0.05, 0.1) is 26.6 Å². The molecule has 122 valence electrons. The number of rotatable bonds is 8. The Morgan fingerprint density at radius 3 is 1.71 bits per heavy atom. The highest BCUT2D eigenvalue weighted by molar-refractivity contribution is 5.79. The Morgan fingerprint density at radius 2 is 1.43 bits per heavy atom. The fraction of sp³-hybridized carbons (Fsp3) is 0.692. The second-order valence-corrected chi connectivity index (χ2v) is 4.05. The molecular formula is C13H22O8. The molecule has 0 amide bonds. The third-order valence-electron chi connectivity index (χ3n) is 2.45. The average molecular weight is 306 g/mol. The van der Waals surface area contributed by atoms with Gasteiger partial charge < -0.3 is 19.7 Å². The van der Waals surface area contributed by atoms with Crippen molar-refractivity contribution in [1.29, 1.82) is 0 Å². The Labute approximate surface area is 123 Å². The maximum Gasteiger partial charge on any atom is 0.309 e.